The molecule has 0 saturated heterocycles. The summed E-state index contributed by atoms with van der Waals surface area (Å²) in [7, 11) is 0. The van der Waals surface area contributed by atoms with Crippen molar-refractivity contribution in [3.63, 3.8) is 0 Å². The van der Waals surface area contributed by atoms with E-state index in [9.17, 15) is 0 Å². The molecular weight excluding hydrogens is 176 g/mol. The Morgan fingerprint density at radius 3 is 3.07 bits per heavy atom. The molecule has 1 saturated carbocycles. The molecular formula is C11H18N2O. The van der Waals surface area contributed by atoms with Gasteiger partial charge in [-0.05, 0) is 19.3 Å². The lowest BCUT2D eigenvalue weighted by molar-refractivity contribution is 0.459. The van der Waals surface area contributed by atoms with Gasteiger partial charge in [-0.25, -0.2) is 4.98 Å². The fourth-order valence-electron chi connectivity index (χ4n) is 1.53. The molecule has 2 rings (SSSR count). The lowest BCUT2D eigenvalue weighted by atomic mass is 10.0. The standard InChI is InChI=1S/C11H18N2O/c1-3-8(2)11-10(13-7-14-11)6-12-9-4-5-9/h7-9,12H,3-6H2,1-2H3. The van der Waals surface area contributed by atoms with Crippen molar-refractivity contribution < 1.29 is 4.42 Å². The molecule has 1 aromatic heterocycles. The highest BCUT2D eigenvalue weighted by Gasteiger charge is 2.22. The minimum atomic E-state index is 0.480. The number of hydrogen-bond donors (Lipinski definition) is 1. The first-order chi connectivity index (χ1) is 6.81. The zero-order valence-corrected chi connectivity index (χ0v) is 8.92. The number of hydrogen-bond acceptors (Lipinski definition) is 3. The fraction of sp³-hybridized carbons (Fsp3) is 0.727. The van der Waals surface area contributed by atoms with Crippen LogP contribution in [-0.2, 0) is 6.54 Å². The largest absolute Gasteiger partial charge is 0.448 e. The first kappa shape index (κ1) is 9.71. The second kappa shape index (κ2) is 4.13. The quantitative estimate of drug-likeness (QED) is 0.782. The number of oxazole rings is 1. The number of nitrogens with zero attached hydrogens (tertiary/aromatic N) is 1. The highest BCUT2D eigenvalue weighted by molar-refractivity contribution is 5.12. The van der Waals surface area contributed by atoms with Gasteiger partial charge in [-0.2, -0.15) is 0 Å². The molecule has 1 heterocycles. The van der Waals surface area contributed by atoms with Crippen LogP contribution in [0.15, 0.2) is 10.8 Å². The van der Waals surface area contributed by atoms with Gasteiger partial charge < -0.3 is 9.73 Å². The van der Waals surface area contributed by atoms with Crippen LogP contribution in [0.1, 0.15) is 50.5 Å². The van der Waals surface area contributed by atoms with E-state index in [0.29, 0.717) is 5.92 Å². The number of aromatic nitrogens is 1. The summed E-state index contributed by atoms with van der Waals surface area (Å²) in [6.07, 6.45) is 5.30. The van der Waals surface area contributed by atoms with Crippen LogP contribution in [-0.4, -0.2) is 11.0 Å². The summed E-state index contributed by atoms with van der Waals surface area (Å²) in [6.45, 7) is 5.22. The summed E-state index contributed by atoms with van der Waals surface area (Å²) in [5.41, 5.74) is 1.09. The average molecular weight is 194 g/mol. The lowest BCUT2D eigenvalue weighted by Crippen LogP contribution is -2.16. The third kappa shape index (κ3) is 2.15. The summed E-state index contributed by atoms with van der Waals surface area (Å²) >= 11 is 0. The Hall–Kier alpha value is -0.830. The number of nitrogens with one attached hydrogen (secondary N) is 1. The Balaban J connectivity index is 1.96. The minimum absolute atomic E-state index is 0.480. The molecule has 0 bridgehead atoms. The summed E-state index contributed by atoms with van der Waals surface area (Å²) in [6, 6.07) is 0.733. The van der Waals surface area contributed by atoms with E-state index < -0.39 is 0 Å². The van der Waals surface area contributed by atoms with Gasteiger partial charge >= 0.3 is 0 Å². The molecule has 1 aliphatic rings. The lowest BCUT2D eigenvalue weighted by Gasteiger charge is -2.07. The maximum absolute atomic E-state index is 5.42. The van der Waals surface area contributed by atoms with Crippen molar-refractivity contribution >= 4 is 0 Å². The molecule has 1 N–H and O–H groups in total. The molecule has 0 amide bonds. The molecule has 1 aliphatic carbocycles. The second-order valence-electron chi connectivity index (χ2n) is 4.13. The monoisotopic (exact) mass is 194 g/mol. The van der Waals surface area contributed by atoms with Crippen LogP contribution in [0, 0.1) is 0 Å². The van der Waals surface area contributed by atoms with Crippen molar-refractivity contribution in [2.45, 2.75) is 51.6 Å². The van der Waals surface area contributed by atoms with E-state index in [1.165, 1.54) is 12.8 Å². The van der Waals surface area contributed by atoms with Crippen LogP contribution >= 0.6 is 0 Å². The fourth-order valence-corrected chi connectivity index (χ4v) is 1.53. The van der Waals surface area contributed by atoms with Crippen LogP contribution in [0.25, 0.3) is 0 Å². The predicted molar refractivity (Wildman–Crippen MR) is 55.1 cm³/mol. The Morgan fingerprint density at radius 2 is 2.43 bits per heavy atom. The smallest absolute Gasteiger partial charge is 0.181 e. The highest BCUT2D eigenvalue weighted by Crippen LogP contribution is 2.23. The van der Waals surface area contributed by atoms with Gasteiger partial charge in [-0.3, -0.25) is 0 Å². The van der Waals surface area contributed by atoms with Gasteiger partial charge in [-0.1, -0.05) is 13.8 Å². The molecule has 0 aromatic carbocycles. The predicted octanol–water partition coefficient (Wildman–Crippen LogP) is 2.44. The normalized spacial score (nSPS) is 18.4. The van der Waals surface area contributed by atoms with E-state index in [2.05, 4.69) is 24.1 Å². The van der Waals surface area contributed by atoms with Crippen LogP contribution < -0.4 is 5.32 Å². The zero-order chi connectivity index (χ0) is 9.97. The third-order valence-corrected chi connectivity index (χ3v) is 2.87. The molecule has 3 nitrogen and oxygen atoms in total. The van der Waals surface area contributed by atoms with Crippen molar-refractivity contribution in [3.05, 3.63) is 17.8 Å². The van der Waals surface area contributed by atoms with E-state index >= 15 is 0 Å². The molecule has 0 radical (unpaired) electrons. The molecule has 3 heteroatoms. The minimum Gasteiger partial charge on any atom is -0.448 e. The van der Waals surface area contributed by atoms with Gasteiger partial charge in [0.25, 0.3) is 0 Å². The van der Waals surface area contributed by atoms with Crippen molar-refractivity contribution in [2.24, 2.45) is 0 Å². The van der Waals surface area contributed by atoms with Gasteiger partial charge in [-0.15, -0.1) is 0 Å². The van der Waals surface area contributed by atoms with Gasteiger partial charge in [0.15, 0.2) is 6.39 Å². The van der Waals surface area contributed by atoms with Gasteiger partial charge in [0, 0.05) is 18.5 Å². The van der Waals surface area contributed by atoms with E-state index in [1.54, 1.807) is 6.39 Å². The third-order valence-electron chi connectivity index (χ3n) is 2.87. The van der Waals surface area contributed by atoms with Crippen LogP contribution in [0.2, 0.25) is 0 Å². The van der Waals surface area contributed by atoms with E-state index in [1.807, 2.05) is 0 Å². The first-order valence-electron chi connectivity index (χ1n) is 5.47. The Morgan fingerprint density at radius 1 is 1.64 bits per heavy atom. The topological polar surface area (TPSA) is 38.1 Å². The Bertz CT molecular complexity index is 291. The van der Waals surface area contributed by atoms with Crippen molar-refractivity contribution in [3.8, 4) is 0 Å². The summed E-state index contributed by atoms with van der Waals surface area (Å²) in [5, 5.41) is 3.46. The van der Waals surface area contributed by atoms with Crippen LogP contribution in [0.4, 0.5) is 0 Å². The van der Waals surface area contributed by atoms with E-state index in [-0.39, 0.29) is 0 Å². The molecule has 0 aliphatic heterocycles. The van der Waals surface area contributed by atoms with Gasteiger partial charge in [0.1, 0.15) is 5.76 Å². The molecule has 78 valence electrons. The summed E-state index contributed by atoms with van der Waals surface area (Å²) < 4.78 is 5.42. The molecule has 14 heavy (non-hydrogen) atoms. The second-order valence-corrected chi connectivity index (χ2v) is 4.13. The van der Waals surface area contributed by atoms with Gasteiger partial charge in [0.05, 0.1) is 5.69 Å². The zero-order valence-electron chi connectivity index (χ0n) is 8.92. The Kier molecular flexibility index (Phi) is 2.87. The number of rotatable bonds is 5. The van der Waals surface area contributed by atoms with E-state index in [0.717, 1.165) is 30.5 Å². The highest BCUT2D eigenvalue weighted by atomic mass is 16.3. The van der Waals surface area contributed by atoms with Crippen molar-refractivity contribution in [1.29, 1.82) is 0 Å². The molecule has 0 spiro atoms. The van der Waals surface area contributed by atoms with Crippen molar-refractivity contribution in [2.75, 3.05) is 0 Å². The molecule has 1 fully saturated rings. The van der Waals surface area contributed by atoms with Crippen LogP contribution in [0.3, 0.4) is 0 Å². The van der Waals surface area contributed by atoms with Gasteiger partial charge in [0.2, 0.25) is 0 Å². The molecule has 1 aromatic rings. The molecule has 1 atom stereocenters. The first-order valence-corrected chi connectivity index (χ1v) is 5.47. The molecule has 1 unspecified atom stereocenters. The SMILES string of the molecule is CCC(C)c1ocnc1CNC1CC1. The van der Waals surface area contributed by atoms with Crippen LogP contribution in [0.5, 0.6) is 0 Å². The Labute approximate surface area is 84.9 Å². The maximum atomic E-state index is 5.42. The summed E-state index contributed by atoms with van der Waals surface area (Å²) in [5.74, 6) is 1.54. The van der Waals surface area contributed by atoms with Crippen molar-refractivity contribution in [1.82, 2.24) is 10.3 Å². The summed E-state index contributed by atoms with van der Waals surface area (Å²) in [4.78, 5) is 4.26. The average Bonchev–Trinajstić information content (AvgIpc) is 2.92. The maximum Gasteiger partial charge on any atom is 0.181 e. The van der Waals surface area contributed by atoms with E-state index in [4.69, 9.17) is 4.42 Å².